The van der Waals surface area contributed by atoms with Crippen LogP contribution in [0.4, 0.5) is 0 Å². The van der Waals surface area contributed by atoms with Crippen molar-refractivity contribution >= 4 is 34.7 Å². The summed E-state index contributed by atoms with van der Waals surface area (Å²) in [5, 5.41) is 0.729. The Balaban J connectivity index is 1.88. The van der Waals surface area contributed by atoms with Crippen LogP contribution in [0.5, 0.6) is 0 Å². The number of furan rings is 1. The maximum Gasteiger partial charge on any atom is 0.266 e. The fourth-order valence-electron chi connectivity index (χ4n) is 2.65. The highest BCUT2D eigenvalue weighted by Gasteiger charge is 2.32. The molecule has 0 N–H and O–H groups in total. The first kappa shape index (κ1) is 18.2. The second kappa shape index (κ2) is 7.74. The maximum atomic E-state index is 12.5. The summed E-state index contributed by atoms with van der Waals surface area (Å²) >= 11 is 1.37. The Morgan fingerprint density at radius 3 is 2.77 bits per heavy atom. The van der Waals surface area contributed by atoms with E-state index < -0.39 is 0 Å². The van der Waals surface area contributed by atoms with E-state index in [9.17, 15) is 9.59 Å². The monoisotopic (exact) mass is 368 g/mol. The molecule has 2 heterocycles. The lowest BCUT2D eigenvalue weighted by Gasteiger charge is -2.11. The largest absolute Gasteiger partial charge is 0.457 e. The van der Waals surface area contributed by atoms with Crippen LogP contribution in [0.25, 0.3) is 17.4 Å². The maximum absolute atomic E-state index is 12.5. The lowest BCUT2D eigenvalue weighted by Crippen LogP contribution is -2.28. The molecule has 0 bridgehead atoms. The van der Waals surface area contributed by atoms with Crippen LogP contribution in [0, 0.1) is 0 Å². The number of aliphatic imine (C=N–C) groups is 1. The molecule has 0 saturated carbocycles. The predicted molar refractivity (Wildman–Crippen MR) is 105 cm³/mol. The number of amides is 1. The van der Waals surface area contributed by atoms with E-state index in [-0.39, 0.29) is 11.7 Å². The summed E-state index contributed by atoms with van der Waals surface area (Å²) in [6, 6.07) is 11.0. The lowest BCUT2D eigenvalue weighted by molar-refractivity contribution is -0.122. The van der Waals surface area contributed by atoms with Crippen molar-refractivity contribution < 1.29 is 14.0 Å². The van der Waals surface area contributed by atoms with Crippen molar-refractivity contribution in [3.05, 3.63) is 52.6 Å². The smallest absolute Gasteiger partial charge is 0.266 e. The SMILES string of the molecule is CCN=C1S/C(=C\c2ccc(-c3cccc(C(C)=O)c3)o2)C(=O)N1CC. The molecule has 3 rings (SSSR count). The molecule has 0 aliphatic carbocycles. The van der Waals surface area contributed by atoms with E-state index in [4.69, 9.17) is 4.42 Å². The van der Waals surface area contributed by atoms with Gasteiger partial charge in [-0.15, -0.1) is 0 Å². The second-order valence-electron chi connectivity index (χ2n) is 5.76. The van der Waals surface area contributed by atoms with Crippen LogP contribution in [0.3, 0.4) is 0 Å². The Hall–Kier alpha value is -2.60. The average molecular weight is 368 g/mol. The summed E-state index contributed by atoms with van der Waals surface area (Å²) < 4.78 is 5.87. The van der Waals surface area contributed by atoms with Gasteiger partial charge < -0.3 is 4.42 Å². The number of carbonyl (C=O) groups is 2. The third-order valence-electron chi connectivity index (χ3n) is 3.95. The van der Waals surface area contributed by atoms with Crippen LogP contribution in [0.15, 0.2) is 50.7 Å². The van der Waals surface area contributed by atoms with Crippen LogP contribution in [-0.4, -0.2) is 34.8 Å². The second-order valence-corrected chi connectivity index (χ2v) is 6.77. The minimum atomic E-state index is -0.0544. The number of nitrogens with zero attached hydrogens (tertiary/aromatic N) is 2. The molecule has 1 aromatic carbocycles. The van der Waals surface area contributed by atoms with E-state index in [2.05, 4.69) is 4.99 Å². The van der Waals surface area contributed by atoms with Gasteiger partial charge in [0.25, 0.3) is 5.91 Å². The Kier molecular flexibility index (Phi) is 5.42. The number of thioether (sulfide) groups is 1. The first-order chi connectivity index (χ1) is 12.5. The van der Waals surface area contributed by atoms with E-state index in [1.807, 2.05) is 38.1 Å². The fourth-order valence-corrected chi connectivity index (χ4v) is 3.73. The molecule has 26 heavy (non-hydrogen) atoms. The van der Waals surface area contributed by atoms with Gasteiger partial charge in [0.15, 0.2) is 11.0 Å². The standard InChI is InChI=1S/C20H20N2O3S/c1-4-21-20-22(5-2)19(24)18(26-20)12-16-9-10-17(25-16)15-8-6-7-14(11-15)13(3)23/h6-12H,4-5H2,1-3H3/b18-12-,21-20?. The van der Waals surface area contributed by atoms with Gasteiger partial charge in [0.1, 0.15) is 11.5 Å². The van der Waals surface area contributed by atoms with Crippen molar-refractivity contribution in [3.63, 3.8) is 0 Å². The molecule has 1 fully saturated rings. The number of likely N-dealkylation sites (N-methyl/N-ethyl adjacent to an activating group) is 1. The molecule has 1 aliphatic rings. The minimum Gasteiger partial charge on any atom is -0.457 e. The molecule has 1 aliphatic heterocycles. The van der Waals surface area contributed by atoms with Gasteiger partial charge in [0, 0.05) is 30.3 Å². The normalized spacial score (nSPS) is 17.5. The Labute approximate surface area is 156 Å². The van der Waals surface area contributed by atoms with Gasteiger partial charge in [-0.2, -0.15) is 0 Å². The molecule has 1 amide bonds. The number of carbonyl (C=O) groups excluding carboxylic acids is 2. The molecule has 2 aromatic rings. The zero-order valence-electron chi connectivity index (χ0n) is 15.0. The van der Waals surface area contributed by atoms with Gasteiger partial charge in [-0.05, 0) is 50.7 Å². The van der Waals surface area contributed by atoms with Gasteiger partial charge in [0.05, 0.1) is 4.91 Å². The van der Waals surface area contributed by atoms with Gasteiger partial charge in [-0.1, -0.05) is 18.2 Å². The Morgan fingerprint density at radius 1 is 1.27 bits per heavy atom. The lowest BCUT2D eigenvalue weighted by atomic mass is 10.1. The topological polar surface area (TPSA) is 62.9 Å². The molecule has 134 valence electrons. The number of benzene rings is 1. The molecular formula is C20H20N2O3S. The number of hydrogen-bond donors (Lipinski definition) is 0. The summed E-state index contributed by atoms with van der Waals surface area (Å²) in [7, 11) is 0. The van der Waals surface area contributed by atoms with Crippen molar-refractivity contribution in [2.75, 3.05) is 13.1 Å². The molecule has 0 spiro atoms. The first-order valence-corrected chi connectivity index (χ1v) is 9.32. The molecule has 5 nitrogen and oxygen atoms in total. The van der Waals surface area contributed by atoms with Crippen molar-refractivity contribution in [1.82, 2.24) is 4.90 Å². The van der Waals surface area contributed by atoms with Crippen LogP contribution < -0.4 is 0 Å². The van der Waals surface area contributed by atoms with E-state index in [0.717, 1.165) is 10.7 Å². The summed E-state index contributed by atoms with van der Waals surface area (Å²) in [6.45, 7) is 6.64. The van der Waals surface area contributed by atoms with Crippen molar-refractivity contribution in [3.8, 4) is 11.3 Å². The number of amidine groups is 1. The molecular weight excluding hydrogens is 348 g/mol. The molecule has 1 saturated heterocycles. The molecule has 1 aromatic heterocycles. The van der Waals surface area contributed by atoms with Crippen LogP contribution in [-0.2, 0) is 4.79 Å². The third kappa shape index (κ3) is 3.65. The summed E-state index contributed by atoms with van der Waals surface area (Å²) in [4.78, 5) is 30.7. The number of rotatable bonds is 5. The predicted octanol–water partition coefficient (Wildman–Crippen LogP) is 4.46. The van der Waals surface area contributed by atoms with Crippen LogP contribution in [0.2, 0.25) is 0 Å². The van der Waals surface area contributed by atoms with E-state index in [1.54, 1.807) is 23.1 Å². The molecule has 0 radical (unpaired) electrons. The van der Waals surface area contributed by atoms with E-state index in [1.165, 1.54) is 18.7 Å². The van der Waals surface area contributed by atoms with Gasteiger partial charge in [-0.25, -0.2) is 0 Å². The van der Waals surface area contributed by atoms with Gasteiger partial charge in [-0.3, -0.25) is 19.5 Å². The quantitative estimate of drug-likeness (QED) is 0.577. The van der Waals surface area contributed by atoms with Gasteiger partial charge >= 0.3 is 0 Å². The zero-order valence-corrected chi connectivity index (χ0v) is 15.8. The van der Waals surface area contributed by atoms with Crippen molar-refractivity contribution in [2.45, 2.75) is 20.8 Å². The minimum absolute atomic E-state index is 0.0103. The summed E-state index contributed by atoms with van der Waals surface area (Å²) in [5.41, 5.74) is 1.47. The Morgan fingerprint density at radius 2 is 2.08 bits per heavy atom. The number of ketones is 1. The first-order valence-electron chi connectivity index (χ1n) is 8.50. The highest BCUT2D eigenvalue weighted by Crippen LogP contribution is 2.33. The van der Waals surface area contributed by atoms with E-state index >= 15 is 0 Å². The van der Waals surface area contributed by atoms with Crippen LogP contribution >= 0.6 is 11.8 Å². The highest BCUT2D eigenvalue weighted by molar-refractivity contribution is 8.18. The van der Waals surface area contributed by atoms with Crippen LogP contribution in [0.1, 0.15) is 36.9 Å². The van der Waals surface area contributed by atoms with Gasteiger partial charge in [0.2, 0.25) is 0 Å². The fraction of sp³-hybridized carbons (Fsp3) is 0.250. The zero-order chi connectivity index (χ0) is 18.7. The summed E-state index contributed by atoms with van der Waals surface area (Å²) in [6.07, 6.45) is 1.74. The molecule has 6 heteroatoms. The number of Topliss-reactive ketones (excluding diaryl/α,β-unsaturated/α-hetero) is 1. The Bertz CT molecular complexity index is 911. The highest BCUT2D eigenvalue weighted by atomic mass is 32.2. The molecule has 0 atom stereocenters. The average Bonchev–Trinajstić information content (AvgIpc) is 3.21. The van der Waals surface area contributed by atoms with Crippen molar-refractivity contribution in [2.24, 2.45) is 4.99 Å². The third-order valence-corrected chi connectivity index (χ3v) is 5.00. The van der Waals surface area contributed by atoms with E-state index in [0.29, 0.717) is 35.1 Å². The number of hydrogen-bond acceptors (Lipinski definition) is 5. The molecule has 0 unspecified atom stereocenters. The van der Waals surface area contributed by atoms with Crippen molar-refractivity contribution in [1.29, 1.82) is 0 Å². The summed E-state index contributed by atoms with van der Waals surface area (Å²) in [5.74, 6) is 1.21.